The van der Waals surface area contributed by atoms with Crippen LogP contribution in [0.15, 0.2) is 42.5 Å². The van der Waals surface area contributed by atoms with Gasteiger partial charge in [0, 0.05) is 14.2 Å². The van der Waals surface area contributed by atoms with Gasteiger partial charge in [-0.25, -0.2) is 4.98 Å². The fourth-order valence-corrected chi connectivity index (χ4v) is 2.58. The predicted octanol–water partition coefficient (Wildman–Crippen LogP) is 4.49. The molecule has 0 fully saturated rings. The maximum absolute atomic E-state index is 5.96. The number of imidazole rings is 1. The molecule has 2 nitrogen and oxygen atoms in total. The number of rotatable bonds is 1. The summed E-state index contributed by atoms with van der Waals surface area (Å²) in [5, 5.41) is 0.718. The lowest BCUT2D eigenvalue weighted by Gasteiger charge is -1.98. The van der Waals surface area contributed by atoms with Crippen LogP contribution in [0.5, 0.6) is 0 Å². The molecule has 1 heterocycles. The van der Waals surface area contributed by atoms with Crippen LogP contribution in [0.4, 0.5) is 0 Å². The third kappa shape index (κ3) is 2.05. The Morgan fingerprint density at radius 2 is 1.94 bits per heavy atom. The molecule has 0 bridgehead atoms. The largest absolute Gasteiger partial charge is 0.338 e. The molecular formula is C13H8ClIN2. The van der Waals surface area contributed by atoms with E-state index in [1.165, 1.54) is 3.57 Å². The number of fused-ring (bicyclic) bond motifs is 1. The molecule has 0 aliphatic carbocycles. The number of H-pyrrole nitrogens is 1. The van der Waals surface area contributed by atoms with E-state index in [1.54, 1.807) is 0 Å². The molecule has 84 valence electrons. The Balaban J connectivity index is 2.22. The van der Waals surface area contributed by atoms with Crippen molar-refractivity contribution in [2.24, 2.45) is 0 Å². The van der Waals surface area contributed by atoms with E-state index < -0.39 is 0 Å². The molecule has 0 saturated carbocycles. The summed E-state index contributed by atoms with van der Waals surface area (Å²) in [7, 11) is 0. The summed E-state index contributed by atoms with van der Waals surface area (Å²) in [6.07, 6.45) is 0. The molecule has 3 aromatic rings. The number of hydrogen-bond acceptors (Lipinski definition) is 1. The number of nitrogens with zero attached hydrogens (tertiary/aromatic N) is 1. The van der Waals surface area contributed by atoms with Gasteiger partial charge >= 0.3 is 0 Å². The molecule has 2 aromatic carbocycles. The molecule has 0 atom stereocenters. The lowest BCUT2D eigenvalue weighted by molar-refractivity contribution is 1.33. The van der Waals surface area contributed by atoms with Gasteiger partial charge in [-0.15, -0.1) is 0 Å². The van der Waals surface area contributed by atoms with Gasteiger partial charge in [-0.05, 0) is 46.9 Å². The minimum Gasteiger partial charge on any atom is -0.338 e. The SMILES string of the molecule is Clc1ccc2nc(-c3ccccc3I)[nH]c2c1. The van der Waals surface area contributed by atoms with Crippen molar-refractivity contribution in [3.8, 4) is 11.4 Å². The molecule has 0 aliphatic heterocycles. The number of nitrogens with one attached hydrogen (secondary N) is 1. The number of benzene rings is 2. The first-order chi connectivity index (χ1) is 8.24. The third-order valence-corrected chi connectivity index (χ3v) is 3.75. The van der Waals surface area contributed by atoms with Gasteiger partial charge in [0.15, 0.2) is 0 Å². The molecular weight excluding hydrogens is 347 g/mol. The number of halogens is 2. The van der Waals surface area contributed by atoms with Crippen molar-refractivity contribution in [2.45, 2.75) is 0 Å². The molecule has 0 unspecified atom stereocenters. The van der Waals surface area contributed by atoms with Crippen LogP contribution in [0, 0.1) is 3.57 Å². The van der Waals surface area contributed by atoms with Gasteiger partial charge in [0.25, 0.3) is 0 Å². The maximum Gasteiger partial charge on any atom is 0.139 e. The Hall–Kier alpha value is -1.07. The lowest BCUT2D eigenvalue weighted by atomic mass is 10.2. The van der Waals surface area contributed by atoms with E-state index in [0.717, 1.165) is 27.4 Å². The van der Waals surface area contributed by atoms with Crippen molar-refractivity contribution >= 4 is 45.2 Å². The molecule has 1 N–H and O–H groups in total. The fourth-order valence-electron chi connectivity index (χ4n) is 1.76. The summed E-state index contributed by atoms with van der Waals surface area (Å²) in [6.45, 7) is 0. The highest BCUT2D eigenvalue weighted by Crippen LogP contribution is 2.26. The monoisotopic (exact) mass is 354 g/mol. The zero-order valence-electron chi connectivity index (χ0n) is 8.74. The molecule has 0 saturated heterocycles. The van der Waals surface area contributed by atoms with E-state index in [0.29, 0.717) is 0 Å². The average molecular weight is 355 g/mol. The summed E-state index contributed by atoms with van der Waals surface area (Å²) in [4.78, 5) is 7.86. The van der Waals surface area contributed by atoms with E-state index in [2.05, 4.69) is 44.7 Å². The Morgan fingerprint density at radius 1 is 1.12 bits per heavy atom. The first kappa shape index (κ1) is 11.0. The number of aromatic nitrogens is 2. The molecule has 1 aromatic heterocycles. The first-order valence-corrected chi connectivity index (χ1v) is 6.60. The van der Waals surface area contributed by atoms with Crippen molar-refractivity contribution in [1.82, 2.24) is 9.97 Å². The summed E-state index contributed by atoms with van der Waals surface area (Å²) in [5.74, 6) is 0.882. The van der Waals surface area contributed by atoms with Crippen molar-refractivity contribution in [1.29, 1.82) is 0 Å². The normalized spacial score (nSPS) is 10.9. The van der Waals surface area contributed by atoms with Gasteiger partial charge in [0.1, 0.15) is 5.82 Å². The summed E-state index contributed by atoms with van der Waals surface area (Å²) < 4.78 is 1.18. The van der Waals surface area contributed by atoms with Crippen LogP contribution in [-0.4, -0.2) is 9.97 Å². The van der Waals surface area contributed by atoms with Crippen molar-refractivity contribution in [3.05, 3.63) is 51.1 Å². The fraction of sp³-hybridized carbons (Fsp3) is 0. The second-order valence-corrected chi connectivity index (χ2v) is 5.33. The first-order valence-electron chi connectivity index (χ1n) is 5.14. The summed E-state index contributed by atoms with van der Waals surface area (Å²) in [6, 6.07) is 13.8. The van der Waals surface area contributed by atoms with Crippen molar-refractivity contribution in [2.75, 3.05) is 0 Å². The second-order valence-electron chi connectivity index (χ2n) is 3.73. The van der Waals surface area contributed by atoms with Gasteiger partial charge in [-0.2, -0.15) is 0 Å². The highest BCUT2D eigenvalue weighted by atomic mass is 127. The van der Waals surface area contributed by atoms with Crippen molar-refractivity contribution < 1.29 is 0 Å². The second kappa shape index (κ2) is 4.31. The highest BCUT2D eigenvalue weighted by molar-refractivity contribution is 14.1. The van der Waals surface area contributed by atoms with Gasteiger partial charge in [-0.3, -0.25) is 0 Å². The van der Waals surface area contributed by atoms with Gasteiger partial charge in [0.05, 0.1) is 11.0 Å². The van der Waals surface area contributed by atoms with Crippen molar-refractivity contribution in [3.63, 3.8) is 0 Å². The van der Waals surface area contributed by atoms with E-state index in [-0.39, 0.29) is 0 Å². The summed E-state index contributed by atoms with van der Waals surface area (Å²) >= 11 is 8.27. The van der Waals surface area contributed by atoms with Gasteiger partial charge in [0.2, 0.25) is 0 Å². The van der Waals surface area contributed by atoms with Crippen LogP contribution in [0.25, 0.3) is 22.4 Å². The Bertz CT molecular complexity index is 691. The average Bonchev–Trinajstić information content (AvgIpc) is 2.72. The third-order valence-electron chi connectivity index (χ3n) is 2.57. The quantitative estimate of drug-likeness (QED) is 0.641. The predicted molar refractivity (Wildman–Crippen MR) is 79.3 cm³/mol. The Labute approximate surface area is 117 Å². The van der Waals surface area contributed by atoms with Crippen LogP contribution >= 0.6 is 34.2 Å². The van der Waals surface area contributed by atoms with Crippen LogP contribution in [0.1, 0.15) is 0 Å². The number of aromatic amines is 1. The summed E-state index contributed by atoms with van der Waals surface area (Å²) in [5.41, 5.74) is 3.01. The Kier molecular flexibility index (Phi) is 2.80. The zero-order valence-corrected chi connectivity index (χ0v) is 11.7. The Morgan fingerprint density at radius 3 is 2.76 bits per heavy atom. The van der Waals surface area contributed by atoms with E-state index in [1.807, 2.05) is 30.3 Å². The molecule has 3 rings (SSSR count). The minimum absolute atomic E-state index is 0.718. The smallest absolute Gasteiger partial charge is 0.139 e. The molecule has 0 spiro atoms. The highest BCUT2D eigenvalue weighted by Gasteiger charge is 2.07. The molecule has 4 heteroatoms. The molecule has 0 amide bonds. The van der Waals surface area contributed by atoms with Crippen LogP contribution in [0.2, 0.25) is 5.02 Å². The van der Waals surface area contributed by atoms with Gasteiger partial charge < -0.3 is 4.98 Å². The van der Waals surface area contributed by atoms with Gasteiger partial charge in [-0.1, -0.05) is 29.8 Å². The van der Waals surface area contributed by atoms with Crippen LogP contribution in [-0.2, 0) is 0 Å². The minimum atomic E-state index is 0.718. The molecule has 0 aliphatic rings. The maximum atomic E-state index is 5.96. The van der Waals surface area contributed by atoms with E-state index in [4.69, 9.17) is 11.6 Å². The lowest BCUT2D eigenvalue weighted by Crippen LogP contribution is -1.83. The van der Waals surface area contributed by atoms with E-state index >= 15 is 0 Å². The zero-order chi connectivity index (χ0) is 11.8. The number of hydrogen-bond donors (Lipinski definition) is 1. The topological polar surface area (TPSA) is 28.7 Å². The van der Waals surface area contributed by atoms with Crippen LogP contribution in [0.3, 0.4) is 0 Å². The standard InChI is InChI=1S/C13H8ClIN2/c14-8-5-6-11-12(7-8)17-13(16-11)9-3-1-2-4-10(9)15/h1-7H,(H,16,17). The van der Waals surface area contributed by atoms with Crippen LogP contribution < -0.4 is 0 Å². The molecule has 0 radical (unpaired) electrons. The molecule has 17 heavy (non-hydrogen) atoms. The van der Waals surface area contributed by atoms with E-state index in [9.17, 15) is 0 Å².